The van der Waals surface area contributed by atoms with Crippen molar-refractivity contribution in [2.24, 2.45) is 36.6 Å². The number of amidine groups is 2. The molecule has 19 nitrogen and oxygen atoms in total. The molecule has 0 spiro atoms. The van der Waals surface area contributed by atoms with E-state index in [-0.39, 0.29) is 17.5 Å². The van der Waals surface area contributed by atoms with Crippen molar-refractivity contribution in [1.29, 1.82) is 0 Å². The zero-order valence-corrected chi connectivity index (χ0v) is 42.9. The largest absolute Gasteiger partial charge is 0.508 e. The summed E-state index contributed by atoms with van der Waals surface area (Å²) in [6.45, 7) is 11.6. The smallest absolute Gasteiger partial charge is 0.251 e. The summed E-state index contributed by atoms with van der Waals surface area (Å²) in [4.78, 5) is 30.8. The molecule has 1 heterocycles. The quantitative estimate of drug-likeness (QED) is 0.00701. The maximum Gasteiger partial charge on any atom is 0.251 e. The van der Waals surface area contributed by atoms with Gasteiger partial charge in [0.25, 0.3) is 5.91 Å². The Hall–Kier alpha value is -8.42. The number of hydrogen-bond donors (Lipinski definition) is 11. The third-order valence-corrected chi connectivity index (χ3v) is 10.9. The molecule has 1 unspecified atom stereocenters. The van der Waals surface area contributed by atoms with Crippen LogP contribution in [0.25, 0.3) is 0 Å². The summed E-state index contributed by atoms with van der Waals surface area (Å²) < 4.78 is 11.2. The molecule has 0 aliphatic carbocycles. The van der Waals surface area contributed by atoms with E-state index < -0.39 is 6.29 Å². The number of phenols is 1. The Balaban J connectivity index is 0.000000285. The maximum absolute atomic E-state index is 12.0. The molecule has 0 fully saturated rings. The van der Waals surface area contributed by atoms with Crippen molar-refractivity contribution in [2.45, 2.75) is 66.1 Å². The number of guanidine groups is 3. The number of nitrogens with one attached hydrogen (secondary N) is 8. The summed E-state index contributed by atoms with van der Waals surface area (Å²) in [7, 11) is 0. The van der Waals surface area contributed by atoms with Gasteiger partial charge in [0.2, 0.25) is 17.9 Å². The SMILES string of the molecule is CCCCCCN=C(C)N/C(=N\C(Nc1ccccc1)=C(/C)CC)Nc1ccc(O)cc1.N/N=C(\N)c1ccc(NC2=NC(Nc3ccccc3)NC(=NCCOCCOCCNC(=O)c3ccccc3)N2)cc1. The molecule has 19 heteroatoms. The minimum atomic E-state index is -0.467. The van der Waals surface area contributed by atoms with Crippen molar-refractivity contribution in [3.8, 4) is 5.75 Å². The number of aliphatic imine (C=N–C) groups is 4. The second-order valence-electron chi connectivity index (χ2n) is 16.7. The molecule has 0 bridgehead atoms. The number of allylic oxidation sites excluding steroid dienone is 1. The summed E-state index contributed by atoms with van der Waals surface area (Å²) in [5.41, 5.74) is 11.7. The van der Waals surface area contributed by atoms with E-state index >= 15 is 0 Å². The number of unbranched alkanes of at least 4 members (excludes halogenated alkanes) is 3. The summed E-state index contributed by atoms with van der Waals surface area (Å²) in [5, 5.41) is 39.0. The summed E-state index contributed by atoms with van der Waals surface area (Å²) >= 11 is 0. The normalized spacial score (nSPS) is 14.5. The molecule has 1 atom stereocenters. The molecular weight excluding hydrogens is 935 g/mol. The van der Waals surface area contributed by atoms with Gasteiger partial charge in [-0.15, -0.1) is 0 Å². The number of hydrogen-bond acceptors (Lipinski definition) is 13. The Kier molecular flexibility index (Phi) is 24.8. The van der Waals surface area contributed by atoms with Crippen LogP contribution in [0, 0.1) is 0 Å². The molecule has 1 amide bonds. The molecule has 1 aliphatic rings. The molecule has 13 N–H and O–H groups in total. The van der Waals surface area contributed by atoms with E-state index in [1.807, 2.05) is 122 Å². The van der Waals surface area contributed by atoms with Crippen LogP contribution in [0.2, 0.25) is 0 Å². The first-order valence-electron chi connectivity index (χ1n) is 24.9. The van der Waals surface area contributed by atoms with Crippen LogP contribution in [0.15, 0.2) is 176 Å². The second-order valence-corrected chi connectivity index (χ2v) is 16.7. The van der Waals surface area contributed by atoms with Crippen LogP contribution in [0.1, 0.15) is 75.7 Å². The average molecular weight is 1010 g/mol. The first-order chi connectivity index (χ1) is 36.1. The van der Waals surface area contributed by atoms with Gasteiger partial charge < -0.3 is 63.4 Å². The van der Waals surface area contributed by atoms with E-state index in [9.17, 15) is 9.90 Å². The monoisotopic (exact) mass is 1010 g/mol. The standard InChI is InChI=1S/C29H36N10O3.C26H37N5O/c30-25(39-31)21-11-13-24(14-12-21)35-29-37-27(36-28(38-29)34-23-9-5-2-6-10-23)33-16-18-42-20-19-41-17-15-32-26(40)22-7-3-1-4-8-22;1-5-7-8-12-19-27-21(4)28-26(30-23-15-17-24(32)18-16-23)31-25(20(3)6-2)29-22-13-10-9-11-14-22/h1-14,28,34H,15-20,31H2,(H2,30,39)(H,32,40)(H3,33,35,36,37,38);9-11,13-18,29,32H,5-8,12,19H2,1-4H3,(H2,27,28,30,31)/b;25-20+. The highest BCUT2D eigenvalue weighted by Crippen LogP contribution is 2.18. The van der Waals surface area contributed by atoms with E-state index in [1.165, 1.54) is 19.3 Å². The number of aromatic hydroxyl groups is 1. The minimum Gasteiger partial charge on any atom is -0.508 e. The lowest BCUT2D eigenvalue weighted by Crippen LogP contribution is -2.55. The predicted molar refractivity (Wildman–Crippen MR) is 303 cm³/mol. The Morgan fingerprint density at radius 1 is 0.716 bits per heavy atom. The number of carbonyl (C=O) groups is 1. The van der Waals surface area contributed by atoms with Crippen molar-refractivity contribution in [2.75, 3.05) is 67.3 Å². The molecule has 392 valence electrons. The third kappa shape index (κ3) is 21.5. The van der Waals surface area contributed by atoms with Crippen molar-refractivity contribution in [3.05, 3.63) is 162 Å². The van der Waals surface area contributed by atoms with E-state index in [2.05, 4.69) is 83.4 Å². The van der Waals surface area contributed by atoms with Gasteiger partial charge in [-0.05, 0) is 117 Å². The van der Waals surface area contributed by atoms with Gasteiger partial charge in [0.05, 0.1) is 38.8 Å². The predicted octanol–water partition coefficient (Wildman–Crippen LogP) is 7.94. The minimum absolute atomic E-state index is 0.121. The summed E-state index contributed by atoms with van der Waals surface area (Å²) in [5.74, 6) is 8.81. The fourth-order valence-electron chi connectivity index (χ4n) is 6.72. The van der Waals surface area contributed by atoms with E-state index in [1.54, 1.807) is 24.3 Å². The van der Waals surface area contributed by atoms with Crippen molar-refractivity contribution in [3.63, 3.8) is 0 Å². The van der Waals surface area contributed by atoms with Gasteiger partial charge in [-0.1, -0.05) is 87.7 Å². The number of amides is 1. The summed E-state index contributed by atoms with van der Waals surface area (Å²) in [6.07, 6.45) is 5.15. The first-order valence-corrected chi connectivity index (χ1v) is 24.9. The van der Waals surface area contributed by atoms with Crippen LogP contribution in [0.5, 0.6) is 5.75 Å². The zero-order chi connectivity index (χ0) is 52.6. The van der Waals surface area contributed by atoms with Gasteiger partial charge >= 0.3 is 0 Å². The average Bonchev–Trinajstić information content (AvgIpc) is 3.42. The Bertz CT molecular complexity index is 2610. The number of nitrogens with zero attached hydrogens (tertiary/aromatic N) is 5. The zero-order valence-electron chi connectivity index (χ0n) is 42.9. The van der Waals surface area contributed by atoms with Gasteiger partial charge in [-0.3, -0.25) is 20.1 Å². The Morgan fingerprint density at radius 3 is 2.01 bits per heavy atom. The number of hydrazone groups is 1. The van der Waals surface area contributed by atoms with Crippen LogP contribution in [0.4, 0.5) is 22.7 Å². The number of rotatable bonds is 24. The van der Waals surface area contributed by atoms with Crippen LogP contribution in [0.3, 0.4) is 0 Å². The topological polar surface area (TPSA) is 266 Å². The van der Waals surface area contributed by atoms with Crippen LogP contribution < -0.4 is 54.1 Å². The van der Waals surface area contributed by atoms with Crippen LogP contribution in [-0.4, -0.2) is 92.9 Å². The van der Waals surface area contributed by atoms with Gasteiger partial charge in [0.15, 0.2) is 6.29 Å². The lowest BCUT2D eigenvalue weighted by Gasteiger charge is -2.27. The Morgan fingerprint density at radius 2 is 1.35 bits per heavy atom. The van der Waals surface area contributed by atoms with Gasteiger partial charge in [-0.2, -0.15) is 10.1 Å². The Labute approximate surface area is 435 Å². The molecule has 6 rings (SSSR count). The highest BCUT2D eigenvalue weighted by Gasteiger charge is 2.19. The molecule has 5 aromatic rings. The lowest BCUT2D eigenvalue weighted by molar-refractivity contribution is 0.0512. The lowest BCUT2D eigenvalue weighted by atomic mass is 10.2. The summed E-state index contributed by atoms with van der Waals surface area (Å²) in [6, 6.07) is 43.1. The van der Waals surface area contributed by atoms with Crippen LogP contribution >= 0.6 is 0 Å². The molecule has 0 aromatic heterocycles. The number of para-hydroxylation sites is 2. The van der Waals surface area contributed by atoms with E-state index in [0.717, 1.165) is 59.4 Å². The second kappa shape index (κ2) is 32.5. The van der Waals surface area contributed by atoms with Gasteiger partial charge in [0, 0.05) is 47.0 Å². The fraction of sp³-hybridized carbons (Fsp3) is 0.309. The number of benzene rings is 5. The molecule has 74 heavy (non-hydrogen) atoms. The highest BCUT2D eigenvalue weighted by atomic mass is 16.5. The maximum atomic E-state index is 12.0. The first kappa shape index (κ1) is 56.5. The van der Waals surface area contributed by atoms with Gasteiger partial charge in [0.1, 0.15) is 17.4 Å². The molecule has 0 saturated carbocycles. The molecule has 1 aliphatic heterocycles. The number of ether oxygens (including phenoxy) is 2. The van der Waals surface area contributed by atoms with Crippen molar-refractivity contribution in [1.82, 2.24) is 21.3 Å². The van der Waals surface area contributed by atoms with Crippen molar-refractivity contribution < 1.29 is 19.4 Å². The van der Waals surface area contributed by atoms with Gasteiger partial charge in [-0.25, -0.2) is 4.99 Å². The number of nitrogens with two attached hydrogens (primary N) is 2. The van der Waals surface area contributed by atoms with Crippen molar-refractivity contribution >= 4 is 58.2 Å². The number of phenolic OH excluding ortho intramolecular Hbond substituents is 1. The molecule has 0 saturated heterocycles. The fourth-order valence-corrected chi connectivity index (χ4v) is 6.72. The molecule has 5 aromatic carbocycles. The number of carbonyl (C=O) groups excluding carboxylic acids is 1. The van der Waals surface area contributed by atoms with E-state index in [4.69, 9.17) is 26.0 Å². The third-order valence-electron chi connectivity index (χ3n) is 10.9. The number of anilines is 4. The van der Waals surface area contributed by atoms with Crippen LogP contribution in [-0.2, 0) is 9.47 Å². The molecule has 0 radical (unpaired) electrons. The van der Waals surface area contributed by atoms with E-state index in [0.29, 0.717) is 68.5 Å². The highest BCUT2D eigenvalue weighted by molar-refractivity contribution is 6.07. The molecular formula is C55H73N15O4.